The van der Waals surface area contributed by atoms with Crippen LogP contribution in [0.1, 0.15) is 35.7 Å². The summed E-state index contributed by atoms with van der Waals surface area (Å²) < 4.78 is 16.0. The minimum Gasteiger partial charge on any atom is -0.370 e. The van der Waals surface area contributed by atoms with Crippen molar-refractivity contribution in [1.29, 1.82) is 5.26 Å². The molecule has 0 spiro atoms. The number of aryl methyl sites for hydroxylation is 2. The third-order valence-electron chi connectivity index (χ3n) is 5.14. The third-order valence-corrected chi connectivity index (χ3v) is 5.14. The second-order valence-corrected chi connectivity index (χ2v) is 6.81. The van der Waals surface area contributed by atoms with Crippen LogP contribution < -0.4 is 4.90 Å². The van der Waals surface area contributed by atoms with E-state index in [1.165, 1.54) is 12.1 Å². The molecule has 26 heavy (non-hydrogen) atoms. The fraction of sp³-hybridized carbons (Fsp3) is 0.368. The molecule has 0 atom stereocenters. The van der Waals surface area contributed by atoms with Crippen LogP contribution in [-0.2, 0) is 7.05 Å². The molecule has 0 bridgehead atoms. The highest BCUT2D eigenvalue weighted by molar-refractivity contribution is 5.96. The summed E-state index contributed by atoms with van der Waals surface area (Å²) in [6.45, 7) is 3.40. The Hall–Kier alpha value is -3.01. The van der Waals surface area contributed by atoms with Gasteiger partial charge < -0.3 is 9.47 Å². The van der Waals surface area contributed by atoms with E-state index in [9.17, 15) is 9.65 Å². The maximum Gasteiger partial charge on any atom is 0.135 e. The van der Waals surface area contributed by atoms with Crippen molar-refractivity contribution >= 4 is 16.6 Å². The van der Waals surface area contributed by atoms with Gasteiger partial charge in [0.25, 0.3) is 0 Å². The summed E-state index contributed by atoms with van der Waals surface area (Å²) in [5, 5.41) is 18.5. The van der Waals surface area contributed by atoms with Gasteiger partial charge >= 0.3 is 0 Å². The number of aromatic nitrogens is 4. The van der Waals surface area contributed by atoms with Gasteiger partial charge in [-0.3, -0.25) is 4.98 Å². The molecule has 132 valence electrons. The number of piperidine rings is 1. The molecular weight excluding hydrogens is 331 g/mol. The summed E-state index contributed by atoms with van der Waals surface area (Å²) in [5.41, 5.74) is 2.80. The van der Waals surface area contributed by atoms with Crippen LogP contribution >= 0.6 is 0 Å². The quantitative estimate of drug-likeness (QED) is 0.710. The molecule has 1 aromatic carbocycles. The number of hydrogen-bond donors (Lipinski definition) is 0. The van der Waals surface area contributed by atoms with Crippen LogP contribution in [0.2, 0.25) is 0 Å². The topological polar surface area (TPSA) is 70.6 Å². The minimum atomic E-state index is -0.304. The van der Waals surface area contributed by atoms with Crippen molar-refractivity contribution < 1.29 is 4.39 Å². The first kappa shape index (κ1) is 16.5. The Morgan fingerprint density at radius 3 is 2.69 bits per heavy atom. The Bertz CT molecular complexity index is 1010. The lowest BCUT2D eigenvalue weighted by molar-refractivity contribution is 0.474. The van der Waals surface area contributed by atoms with Crippen molar-refractivity contribution in [3.8, 4) is 6.07 Å². The minimum absolute atomic E-state index is 0.304. The Kier molecular flexibility index (Phi) is 4.03. The zero-order chi connectivity index (χ0) is 18.3. The number of halogens is 1. The second kappa shape index (κ2) is 6.37. The number of fused-ring (bicyclic) bond motifs is 1. The number of nitrogens with zero attached hydrogens (tertiary/aromatic N) is 6. The van der Waals surface area contributed by atoms with Gasteiger partial charge in [0.15, 0.2) is 0 Å². The SMILES string of the molecule is Cc1cc(F)cc2c(N3CCC(c4nncn4C)CC3)c(C#N)cnc12. The summed E-state index contributed by atoms with van der Waals surface area (Å²) in [6, 6.07) is 5.18. The Morgan fingerprint density at radius 1 is 1.27 bits per heavy atom. The number of anilines is 1. The molecular formula is C19H19FN6. The smallest absolute Gasteiger partial charge is 0.135 e. The molecule has 0 radical (unpaired) electrons. The lowest BCUT2D eigenvalue weighted by Gasteiger charge is -2.34. The highest BCUT2D eigenvalue weighted by atomic mass is 19.1. The van der Waals surface area contributed by atoms with Crippen LogP contribution in [0, 0.1) is 24.1 Å². The van der Waals surface area contributed by atoms with Gasteiger partial charge in [-0.2, -0.15) is 5.26 Å². The van der Waals surface area contributed by atoms with Gasteiger partial charge in [0.05, 0.1) is 16.8 Å². The van der Waals surface area contributed by atoms with Crippen LogP contribution in [0.4, 0.5) is 10.1 Å². The van der Waals surface area contributed by atoms with E-state index in [1.54, 1.807) is 12.5 Å². The van der Waals surface area contributed by atoms with Crippen molar-refractivity contribution in [3.63, 3.8) is 0 Å². The number of rotatable bonds is 2. The third kappa shape index (κ3) is 2.68. The maximum atomic E-state index is 14.0. The van der Waals surface area contributed by atoms with E-state index in [1.807, 2.05) is 18.5 Å². The monoisotopic (exact) mass is 350 g/mol. The molecule has 0 aliphatic carbocycles. The van der Waals surface area contributed by atoms with Crippen LogP contribution in [0.5, 0.6) is 0 Å². The molecule has 1 fully saturated rings. The van der Waals surface area contributed by atoms with Crippen molar-refractivity contribution in [3.05, 3.63) is 47.4 Å². The fourth-order valence-corrected chi connectivity index (χ4v) is 3.87. The average Bonchev–Trinajstić information content (AvgIpc) is 3.06. The molecule has 0 amide bonds. The summed E-state index contributed by atoms with van der Waals surface area (Å²) >= 11 is 0. The molecule has 0 saturated carbocycles. The molecule has 2 aromatic heterocycles. The first-order valence-electron chi connectivity index (χ1n) is 8.66. The fourth-order valence-electron chi connectivity index (χ4n) is 3.87. The Morgan fingerprint density at radius 2 is 2.04 bits per heavy atom. The molecule has 1 saturated heterocycles. The van der Waals surface area contributed by atoms with E-state index in [0.717, 1.165) is 48.5 Å². The summed E-state index contributed by atoms with van der Waals surface area (Å²) in [6.07, 6.45) is 5.14. The number of hydrogen-bond acceptors (Lipinski definition) is 5. The summed E-state index contributed by atoms with van der Waals surface area (Å²) in [7, 11) is 1.96. The van der Waals surface area contributed by atoms with Crippen molar-refractivity contribution in [2.24, 2.45) is 7.05 Å². The molecule has 3 heterocycles. The zero-order valence-corrected chi connectivity index (χ0v) is 14.8. The Balaban J connectivity index is 1.71. The van der Waals surface area contributed by atoms with Crippen LogP contribution in [-0.4, -0.2) is 32.8 Å². The molecule has 1 aliphatic heterocycles. The number of benzene rings is 1. The van der Waals surface area contributed by atoms with E-state index < -0.39 is 0 Å². The van der Waals surface area contributed by atoms with Crippen LogP contribution in [0.3, 0.4) is 0 Å². The highest BCUT2D eigenvalue weighted by Gasteiger charge is 2.26. The number of nitriles is 1. The summed E-state index contributed by atoms with van der Waals surface area (Å²) in [4.78, 5) is 6.55. The van der Waals surface area contributed by atoms with Crippen molar-refractivity contribution in [2.45, 2.75) is 25.7 Å². The molecule has 0 unspecified atom stereocenters. The largest absolute Gasteiger partial charge is 0.370 e. The second-order valence-electron chi connectivity index (χ2n) is 6.81. The van der Waals surface area contributed by atoms with Gasteiger partial charge in [0.1, 0.15) is 24.0 Å². The predicted octanol–water partition coefficient (Wildman–Crippen LogP) is 3.07. The normalized spacial score (nSPS) is 15.4. The lowest BCUT2D eigenvalue weighted by atomic mass is 9.94. The molecule has 7 heteroatoms. The predicted molar refractivity (Wildman–Crippen MR) is 96.3 cm³/mol. The van der Waals surface area contributed by atoms with Gasteiger partial charge in [-0.15, -0.1) is 10.2 Å². The molecule has 4 rings (SSSR count). The summed E-state index contributed by atoms with van der Waals surface area (Å²) in [5.74, 6) is 1.03. The van der Waals surface area contributed by atoms with E-state index in [-0.39, 0.29) is 5.82 Å². The van der Waals surface area contributed by atoms with Crippen LogP contribution in [0.15, 0.2) is 24.7 Å². The first-order chi connectivity index (χ1) is 12.6. The maximum absolute atomic E-state index is 14.0. The van der Waals surface area contributed by atoms with Crippen molar-refractivity contribution in [2.75, 3.05) is 18.0 Å². The average molecular weight is 350 g/mol. The van der Waals surface area contributed by atoms with E-state index in [0.29, 0.717) is 16.9 Å². The van der Waals surface area contributed by atoms with Gasteiger partial charge in [-0.05, 0) is 37.5 Å². The number of pyridine rings is 1. The molecule has 3 aromatic rings. The first-order valence-corrected chi connectivity index (χ1v) is 8.66. The molecule has 0 N–H and O–H groups in total. The zero-order valence-electron chi connectivity index (χ0n) is 14.8. The van der Waals surface area contributed by atoms with Gasteiger partial charge in [0.2, 0.25) is 0 Å². The molecule has 6 nitrogen and oxygen atoms in total. The Labute approximate surface area is 150 Å². The van der Waals surface area contributed by atoms with Crippen molar-refractivity contribution in [1.82, 2.24) is 19.7 Å². The standard InChI is InChI=1S/C19H19FN6/c1-12-7-15(20)8-16-17(12)22-10-14(9-21)18(16)26-5-3-13(4-6-26)19-24-23-11-25(19)2/h7-8,10-11,13H,3-6H2,1-2H3. The molecule has 1 aliphatic rings. The van der Waals surface area contributed by atoms with Gasteiger partial charge in [0, 0.05) is 37.6 Å². The van der Waals surface area contributed by atoms with Gasteiger partial charge in [-0.25, -0.2) is 4.39 Å². The highest BCUT2D eigenvalue weighted by Crippen LogP contribution is 2.35. The lowest BCUT2D eigenvalue weighted by Crippen LogP contribution is -2.34. The van der Waals surface area contributed by atoms with Crippen LogP contribution in [0.25, 0.3) is 10.9 Å². The van der Waals surface area contributed by atoms with Gasteiger partial charge in [-0.1, -0.05) is 0 Å². The van der Waals surface area contributed by atoms with E-state index in [4.69, 9.17) is 0 Å². The van der Waals surface area contributed by atoms with E-state index >= 15 is 0 Å². The van der Waals surface area contributed by atoms with E-state index in [2.05, 4.69) is 26.2 Å².